The second-order valence-corrected chi connectivity index (χ2v) is 6.37. The van der Waals surface area contributed by atoms with Gasteiger partial charge in [-0.1, -0.05) is 0 Å². The first-order valence-electron chi connectivity index (χ1n) is 7.32. The molecule has 132 valence electrons. The molecule has 8 heteroatoms. The van der Waals surface area contributed by atoms with Gasteiger partial charge in [0.05, 0.1) is 0 Å². The van der Waals surface area contributed by atoms with Gasteiger partial charge in [0.25, 0.3) is 5.91 Å². The Balaban J connectivity index is 0.00000144. The second kappa shape index (κ2) is 9.32. The van der Waals surface area contributed by atoms with Crippen LogP contribution in [0, 0.1) is 11.7 Å². The Morgan fingerprint density at radius 1 is 1.38 bits per heavy atom. The number of hydrogen-bond donors (Lipinski definition) is 1. The van der Waals surface area contributed by atoms with E-state index in [0.717, 1.165) is 36.6 Å². The van der Waals surface area contributed by atoms with Gasteiger partial charge in [0.2, 0.25) is 0 Å². The fraction of sp³-hybridized carbons (Fsp3) is 0.375. The van der Waals surface area contributed by atoms with Gasteiger partial charge in [-0.25, -0.2) is 9.37 Å². The smallest absolute Gasteiger partial charge is 0.273 e. The fourth-order valence-corrected chi connectivity index (χ4v) is 3.53. The van der Waals surface area contributed by atoms with Gasteiger partial charge in [-0.15, -0.1) is 36.2 Å². The predicted octanol–water partition coefficient (Wildman–Crippen LogP) is 3.47. The third-order valence-electron chi connectivity index (χ3n) is 3.88. The van der Waals surface area contributed by atoms with Crippen molar-refractivity contribution in [2.45, 2.75) is 6.42 Å². The van der Waals surface area contributed by atoms with E-state index in [1.54, 1.807) is 17.5 Å². The van der Waals surface area contributed by atoms with Crippen LogP contribution in [0.4, 0.5) is 4.39 Å². The highest BCUT2D eigenvalue weighted by Crippen LogP contribution is 2.25. The number of carbonyl (C=O) groups excluding carboxylic acids is 1. The van der Waals surface area contributed by atoms with Crippen molar-refractivity contribution in [1.29, 1.82) is 0 Å². The third kappa shape index (κ3) is 4.66. The summed E-state index contributed by atoms with van der Waals surface area (Å²) in [6.07, 6.45) is 1.03. The highest BCUT2D eigenvalue weighted by molar-refractivity contribution is 7.13. The molecule has 1 N–H and O–H groups in total. The van der Waals surface area contributed by atoms with Crippen LogP contribution in [0.5, 0.6) is 0 Å². The predicted molar refractivity (Wildman–Crippen MR) is 99.9 cm³/mol. The summed E-state index contributed by atoms with van der Waals surface area (Å²) in [5, 5.41) is 5.69. The summed E-state index contributed by atoms with van der Waals surface area (Å²) in [6, 6.07) is 6.17. The van der Waals surface area contributed by atoms with E-state index in [4.69, 9.17) is 0 Å². The molecular weight excluding hydrogens is 372 g/mol. The van der Waals surface area contributed by atoms with E-state index >= 15 is 0 Å². The summed E-state index contributed by atoms with van der Waals surface area (Å²) >= 11 is 1.41. The molecule has 2 heterocycles. The molecule has 2 aromatic rings. The SMILES string of the molecule is CNCC1CCN(C(=O)c2csc(-c3ccc(F)cc3)n2)C1.Cl.Cl. The molecule has 1 saturated heterocycles. The van der Waals surface area contributed by atoms with Crippen LogP contribution in [0.25, 0.3) is 10.6 Å². The summed E-state index contributed by atoms with van der Waals surface area (Å²) in [7, 11) is 1.93. The lowest BCUT2D eigenvalue weighted by atomic mass is 10.1. The molecule has 0 spiro atoms. The standard InChI is InChI=1S/C16H18FN3OS.2ClH/c1-18-8-11-6-7-20(9-11)16(21)14-10-22-15(19-14)12-2-4-13(17)5-3-12;;/h2-5,10-11,18H,6-9H2,1H3;2*1H. The Labute approximate surface area is 157 Å². The fourth-order valence-electron chi connectivity index (χ4n) is 2.73. The van der Waals surface area contributed by atoms with E-state index in [-0.39, 0.29) is 36.5 Å². The Morgan fingerprint density at radius 2 is 2.08 bits per heavy atom. The summed E-state index contributed by atoms with van der Waals surface area (Å²) in [5.74, 6) is 0.233. The number of hydrogen-bond acceptors (Lipinski definition) is 4. The molecule has 1 unspecified atom stereocenters. The first-order valence-corrected chi connectivity index (χ1v) is 8.20. The lowest BCUT2D eigenvalue weighted by molar-refractivity contribution is 0.0782. The van der Waals surface area contributed by atoms with Crippen LogP contribution in [0.1, 0.15) is 16.9 Å². The van der Waals surface area contributed by atoms with Gasteiger partial charge in [0, 0.05) is 24.0 Å². The molecule has 1 aromatic heterocycles. The zero-order valence-corrected chi connectivity index (χ0v) is 15.6. The van der Waals surface area contributed by atoms with Crippen molar-refractivity contribution in [3.63, 3.8) is 0 Å². The monoisotopic (exact) mass is 391 g/mol. The maximum absolute atomic E-state index is 13.0. The van der Waals surface area contributed by atoms with Crippen molar-refractivity contribution >= 4 is 42.1 Å². The van der Waals surface area contributed by atoms with E-state index in [1.807, 2.05) is 11.9 Å². The average Bonchev–Trinajstić information content (AvgIpc) is 3.17. The van der Waals surface area contributed by atoms with Crippen molar-refractivity contribution in [2.24, 2.45) is 5.92 Å². The van der Waals surface area contributed by atoms with E-state index in [2.05, 4.69) is 10.3 Å². The summed E-state index contributed by atoms with van der Waals surface area (Å²) < 4.78 is 13.0. The van der Waals surface area contributed by atoms with Crippen molar-refractivity contribution in [1.82, 2.24) is 15.2 Å². The Kier molecular flexibility index (Phi) is 8.09. The summed E-state index contributed by atoms with van der Waals surface area (Å²) in [5.41, 5.74) is 1.31. The lowest BCUT2D eigenvalue weighted by Gasteiger charge is -2.15. The Morgan fingerprint density at radius 3 is 2.75 bits per heavy atom. The topological polar surface area (TPSA) is 45.2 Å². The quantitative estimate of drug-likeness (QED) is 0.867. The Hall–Kier alpha value is -1.21. The minimum atomic E-state index is -0.274. The maximum atomic E-state index is 13.0. The molecule has 1 fully saturated rings. The molecule has 1 aromatic carbocycles. The molecule has 1 aliphatic heterocycles. The van der Waals surface area contributed by atoms with E-state index in [9.17, 15) is 9.18 Å². The van der Waals surface area contributed by atoms with Crippen LogP contribution in [0.15, 0.2) is 29.6 Å². The Bertz CT molecular complexity index is 666. The zero-order valence-electron chi connectivity index (χ0n) is 13.2. The number of benzene rings is 1. The molecule has 0 aliphatic carbocycles. The van der Waals surface area contributed by atoms with Gasteiger partial charge >= 0.3 is 0 Å². The molecule has 4 nitrogen and oxygen atoms in total. The van der Waals surface area contributed by atoms with Crippen LogP contribution in [-0.2, 0) is 0 Å². The second-order valence-electron chi connectivity index (χ2n) is 5.51. The maximum Gasteiger partial charge on any atom is 0.273 e. The van der Waals surface area contributed by atoms with Crippen LogP contribution >= 0.6 is 36.2 Å². The normalized spacial score (nSPS) is 16.4. The van der Waals surface area contributed by atoms with Crippen LogP contribution in [0.3, 0.4) is 0 Å². The van der Waals surface area contributed by atoms with Crippen molar-refractivity contribution < 1.29 is 9.18 Å². The van der Waals surface area contributed by atoms with Gasteiger partial charge in [-0.3, -0.25) is 4.79 Å². The largest absolute Gasteiger partial charge is 0.337 e. The number of nitrogens with one attached hydrogen (secondary N) is 1. The molecular formula is C16H20Cl2FN3OS. The van der Waals surface area contributed by atoms with Gasteiger partial charge in [0.15, 0.2) is 0 Å². The molecule has 0 saturated carbocycles. The van der Waals surface area contributed by atoms with Crippen LogP contribution in [0.2, 0.25) is 0 Å². The number of amides is 1. The molecule has 0 radical (unpaired) electrons. The van der Waals surface area contributed by atoms with Crippen molar-refractivity contribution in [2.75, 3.05) is 26.7 Å². The third-order valence-corrected chi connectivity index (χ3v) is 4.77. The average molecular weight is 392 g/mol. The number of likely N-dealkylation sites (tertiary alicyclic amines) is 1. The zero-order chi connectivity index (χ0) is 15.5. The number of nitrogens with zero attached hydrogens (tertiary/aromatic N) is 2. The lowest BCUT2D eigenvalue weighted by Crippen LogP contribution is -2.30. The van der Waals surface area contributed by atoms with Crippen LogP contribution in [-0.4, -0.2) is 42.5 Å². The highest BCUT2D eigenvalue weighted by atomic mass is 35.5. The van der Waals surface area contributed by atoms with Gasteiger partial charge in [-0.2, -0.15) is 0 Å². The number of rotatable bonds is 4. The number of halogens is 3. The van der Waals surface area contributed by atoms with Gasteiger partial charge < -0.3 is 10.2 Å². The molecule has 0 bridgehead atoms. The number of thiazole rings is 1. The highest BCUT2D eigenvalue weighted by Gasteiger charge is 2.27. The van der Waals surface area contributed by atoms with E-state index in [1.165, 1.54) is 23.5 Å². The first kappa shape index (κ1) is 20.8. The molecule has 3 rings (SSSR count). The minimum Gasteiger partial charge on any atom is -0.337 e. The molecule has 1 aliphatic rings. The van der Waals surface area contributed by atoms with Crippen molar-refractivity contribution in [3.05, 3.63) is 41.2 Å². The molecule has 24 heavy (non-hydrogen) atoms. The summed E-state index contributed by atoms with van der Waals surface area (Å²) in [6.45, 7) is 2.50. The number of carbonyl (C=O) groups is 1. The van der Waals surface area contributed by atoms with Gasteiger partial charge in [-0.05, 0) is 50.2 Å². The molecule has 1 amide bonds. The van der Waals surface area contributed by atoms with Crippen molar-refractivity contribution in [3.8, 4) is 10.6 Å². The summed E-state index contributed by atoms with van der Waals surface area (Å²) in [4.78, 5) is 18.8. The first-order chi connectivity index (χ1) is 10.7. The van der Waals surface area contributed by atoms with Crippen LogP contribution < -0.4 is 5.32 Å². The van der Waals surface area contributed by atoms with E-state index in [0.29, 0.717) is 11.6 Å². The minimum absolute atomic E-state index is 0. The van der Waals surface area contributed by atoms with Gasteiger partial charge in [0.1, 0.15) is 16.5 Å². The van der Waals surface area contributed by atoms with E-state index < -0.39 is 0 Å². The number of aromatic nitrogens is 1. The molecule has 1 atom stereocenters.